The van der Waals surface area contributed by atoms with E-state index in [4.69, 9.17) is 14.2 Å². The third-order valence-electron chi connectivity index (χ3n) is 8.54. The quantitative estimate of drug-likeness (QED) is 0.275. The van der Waals surface area contributed by atoms with Crippen molar-refractivity contribution in [2.24, 2.45) is 23.7 Å². The lowest BCUT2D eigenvalue weighted by Crippen LogP contribution is -3.61. The van der Waals surface area contributed by atoms with Crippen LogP contribution in [-0.2, 0) is 16.1 Å². The Bertz CT molecular complexity index is 1180. The first-order valence-electron chi connectivity index (χ1n) is 13.4. The van der Waals surface area contributed by atoms with Crippen LogP contribution < -0.4 is 30.7 Å². The molecule has 0 unspecified atom stereocenters. The molecule has 0 atom stereocenters. The lowest BCUT2D eigenvalue weighted by molar-refractivity contribution is -0.597. The van der Waals surface area contributed by atoms with Gasteiger partial charge in [-0.05, 0) is 117 Å². The average Bonchev–Trinajstić information content (AvgIpc) is 2.91. The monoisotopic (exact) mass is 609 g/mol. The fraction of sp³-hybridized carbons (Fsp3) is 0.406. The molecule has 4 nitrogen and oxygen atoms in total. The highest BCUT2D eigenvalue weighted by atomic mass is 127. The SMILES string of the molecule is CC1(OC(=O)COc2ccc(COc3ccc([I+]c4ccccc4)cc3)cc2)C2CC3CC(C2)CC1C3. The summed E-state index contributed by atoms with van der Waals surface area (Å²) < 4.78 is 20.6. The summed E-state index contributed by atoms with van der Waals surface area (Å²) in [5.74, 6) is 4.04. The minimum absolute atomic E-state index is 0.0459. The maximum atomic E-state index is 12.7. The molecule has 7 rings (SSSR count). The Kier molecular flexibility index (Phi) is 7.15. The van der Waals surface area contributed by atoms with Gasteiger partial charge in [0.1, 0.15) is 23.7 Å². The summed E-state index contributed by atoms with van der Waals surface area (Å²) in [5, 5.41) is 0. The van der Waals surface area contributed by atoms with Crippen molar-refractivity contribution in [3.63, 3.8) is 0 Å². The standard InChI is InChI=1S/C32H34IO4/c1-32(25-16-23-15-24(18-25)19-26(32)17-23)37-31(34)21-36-29-11-7-22(8-12-29)20-35-30-13-9-28(10-14-30)33-27-5-3-2-4-6-27/h2-14,23-26H,15-21H2,1H3/q+1. The molecule has 5 heteroatoms. The van der Waals surface area contributed by atoms with Crippen molar-refractivity contribution in [2.75, 3.05) is 6.61 Å². The minimum atomic E-state index is -0.309. The molecule has 3 aromatic rings. The first-order valence-corrected chi connectivity index (χ1v) is 15.6. The largest absolute Gasteiger partial charge is 0.489 e. The van der Waals surface area contributed by atoms with Crippen molar-refractivity contribution in [3.05, 3.63) is 91.6 Å². The van der Waals surface area contributed by atoms with Crippen molar-refractivity contribution < 1.29 is 40.2 Å². The molecule has 0 radical (unpaired) electrons. The van der Waals surface area contributed by atoms with Crippen LogP contribution in [0.1, 0.15) is 44.6 Å². The Morgan fingerprint density at radius 2 is 1.32 bits per heavy atom. The number of ether oxygens (including phenoxy) is 3. The summed E-state index contributed by atoms with van der Waals surface area (Å²) in [7, 11) is 0. The smallest absolute Gasteiger partial charge is 0.357 e. The molecule has 4 saturated carbocycles. The van der Waals surface area contributed by atoms with Gasteiger partial charge in [0.15, 0.2) is 13.7 Å². The normalized spacial score (nSPS) is 27.6. The number of carbonyl (C=O) groups excluding carboxylic acids is 1. The highest BCUT2D eigenvalue weighted by Gasteiger charge is 2.57. The molecule has 0 amide bonds. The molecule has 4 fully saturated rings. The van der Waals surface area contributed by atoms with E-state index >= 15 is 0 Å². The van der Waals surface area contributed by atoms with Gasteiger partial charge in [-0.1, -0.05) is 30.3 Å². The molecule has 3 aromatic carbocycles. The highest BCUT2D eigenvalue weighted by molar-refractivity contribution is 5.71. The summed E-state index contributed by atoms with van der Waals surface area (Å²) in [6.45, 7) is 2.61. The molecule has 0 spiro atoms. The van der Waals surface area contributed by atoms with Gasteiger partial charge >= 0.3 is 27.2 Å². The van der Waals surface area contributed by atoms with Crippen LogP contribution in [0.25, 0.3) is 0 Å². The van der Waals surface area contributed by atoms with Crippen LogP contribution >= 0.6 is 0 Å². The fourth-order valence-corrected chi connectivity index (χ4v) is 8.96. The summed E-state index contributed by atoms with van der Waals surface area (Å²) in [4.78, 5) is 12.7. The lowest BCUT2D eigenvalue weighted by atomic mass is 9.50. The molecule has 37 heavy (non-hydrogen) atoms. The summed E-state index contributed by atoms with van der Waals surface area (Å²) >= 11 is -0.165. The zero-order valence-electron chi connectivity index (χ0n) is 21.3. The molecule has 4 aliphatic carbocycles. The molecule has 4 aliphatic rings. The van der Waals surface area contributed by atoms with E-state index < -0.39 is 0 Å². The second kappa shape index (κ2) is 10.7. The zero-order valence-corrected chi connectivity index (χ0v) is 23.4. The molecule has 0 heterocycles. The molecular formula is C32H34IO4+. The Morgan fingerprint density at radius 3 is 1.97 bits per heavy atom. The molecule has 0 aromatic heterocycles. The third-order valence-corrected chi connectivity index (χ3v) is 11.2. The summed E-state index contributed by atoms with van der Waals surface area (Å²) in [5.41, 5.74) is 0.744. The molecule has 192 valence electrons. The lowest BCUT2D eigenvalue weighted by Gasteiger charge is -2.59. The van der Waals surface area contributed by atoms with Gasteiger partial charge in [0.2, 0.25) is 0 Å². The molecule has 0 saturated heterocycles. The van der Waals surface area contributed by atoms with Crippen LogP contribution in [0.15, 0.2) is 78.9 Å². The van der Waals surface area contributed by atoms with Gasteiger partial charge in [0, 0.05) is 0 Å². The molecule has 0 aliphatic heterocycles. The van der Waals surface area contributed by atoms with Crippen molar-refractivity contribution in [3.8, 4) is 11.5 Å². The molecule has 0 N–H and O–H groups in total. The van der Waals surface area contributed by atoms with E-state index in [0.717, 1.165) is 23.1 Å². The Morgan fingerprint density at radius 1 is 0.757 bits per heavy atom. The van der Waals surface area contributed by atoms with Crippen molar-refractivity contribution in [2.45, 2.75) is 51.2 Å². The second-order valence-corrected chi connectivity index (χ2v) is 14.1. The fourth-order valence-electron chi connectivity index (χ4n) is 6.75. The number of rotatable bonds is 9. The van der Waals surface area contributed by atoms with Crippen LogP contribution in [0.2, 0.25) is 0 Å². The van der Waals surface area contributed by atoms with Gasteiger partial charge in [-0.15, -0.1) is 0 Å². The average molecular weight is 610 g/mol. The van der Waals surface area contributed by atoms with E-state index in [0.29, 0.717) is 24.2 Å². The number of hydrogen-bond donors (Lipinski definition) is 0. The van der Waals surface area contributed by atoms with Crippen molar-refractivity contribution in [1.29, 1.82) is 0 Å². The van der Waals surface area contributed by atoms with Crippen LogP contribution in [-0.4, -0.2) is 18.2 Å². The van der Waals surface area contributed by atoms with Crippen molar-refractivity contribution in [1.82, 2.24) is 0 Å². The zero-order chi connectivity index (χ0) is 25.2. The van der Waals surface area contributed by atoms with Crippen molar-refractivity contribution >= 4 is 5.97 Å². The van der Waals surface area contributed by atoms with E-state index in [9.17, 15) is 4.79 Å². The van der Waals surface area contributed by atoms with E-state index in [1.807, 2.05) is 36.4 Å². The predicted molar refractivity (Wildman–Crippen MR) is 138 cm³/mol. The Hall–Kier alpha value is -2.54. The topological polar surface area (TPSA) is 44.8 Å². The van der Waals surface area contributed by atoms with E-state index in [2.05, 4.69) is 49.4 Å². The highest BCUT2D eigenvalue weighted by Crippen LogP contribution is 2.59. The minimum Gasteiger partial charge on any atom is -0.489 e. The number of hydrogen-bond acceptors (Lipinski definition) is 4. The summed E-state index contributed by atoms with van der Waals surface area (Å²) in [6.07, 6.45) is 6.28. The van der Waals surface area contributed by atoms with Crippen LogP contribution in [0.4, 0.5) is 0 Å². The summed E-state index contributed by atoms with van der Waals surface area (Å²) in [6, 6.07) is 26.8. The molecular weight excluding hydrogens is 575 g/mol. The number of halogens is 1. The third kappa shape index (κ3) is 5.66. The number of esters is 1. The van der Waals surface area contributed by atoms with Gasteiger partial charge < -0.3 is 14.2 Å². The van der Waals surface area contributed by atoms with Gasteiger partial charge in [-0.2, -0.15) is 0 Å². The number of benzene rings is 3. The Labute approximate surface area is 230 Å². The maximum absolute atomic E-state index is 12.7. The van der Waals surface area contributed by atoms with Gasteiger partial charge in [-0.25, -0.2) is 4.79 Å². The first kappa shape index (κ1) is 24.8. The second-order valence-electron chi connectivity index (χ2n) is 11.0. The van der Waals surface area contributed by atoms with Gasteiger partial charge in [-0.3, -0.25) is 0 Å². The maximum Gasteiger partial charge on any atom is 0.357 e. The van der Waals surface area contributed by atoms with E-state index in [1.54, 1.807) is 0 Å². The van der Waals surface area contributed by atoms with E-state index in [1.165, 1.54) is 39.2 Å². The van der Waals surface area contributed by atoms with Crippen LogP contribution in [0, 0.1) is 30.8 Å². The Balaban J connectivity index is 0.959. The van der Waals surface area contributed by atoms with Gasteiger partial charge in [0.05, 0.1) is 0 Å². The number of carbonyl (C=O) groups is 1. The molecule has 4 bridgehead atoms. The van der Waals surface area contributed by atoms with Gasteiger partial charge in [0.25, 0.3) is 0 Å². The van der Waals surface area contributed by atoms with Crippen LogP contribution in [0.5, 0.6) is 11.5 Å². The first-order chi connectivity index (χ1) is 18.0. The van der Waals surface area contributed by atoms with Crippen LogP contribution in [0.3, 0.4) is 0 Å². The predicted octanol–water partition coefficient (Wildman–Crippen LogP) is 3.53. The van der Waals surface area contributed by atoms with E-state index in [-0.39, 0.29) is 39.4 Å².